The van der Waals surface area contributed by atoms with E-state index < -0.39 is 0 Å². The summed E-state index contributed by atoms with van der Waals surface area (Å²) < 4.78 is 1.16. The molecule has 1 aromatic heterocycles. The Morgan fingerprint density at radius 2 is 2.06 bits per heavy atom. The van der Waals surface area contributed by atoms with E-state index in [0.717, 1.165) is 15.8 Å². The van der Waals surface area contributed by atoms with Crippen molar-refractivity contribution in [3.8, 4) is 6.07 Å². The van der Waals surface area contributed by atoms with Crippen molar-refractivity contribution in [1.82, 2.24) is 4.98 Å². The molecule has 0 amide bonds. The van der Waals surface area contributed by atoms with Crippen LogP contribution in [0.2, 0.25) is 0 Å². The van der Waals surface area contributed by atoms with Crippen LogP contribution >= 0.6 is 11.3 Å². The molecule has 0 radical (unpaired) electrons. The maximum atomic E-state index is 8.89. The highest BCUT2D eigenvalue weighted by Gasteiger charge is 2.19. The van der Waals surface area contributed by atoms with Gasteiger partial charge in [-0.15, -0.1) is 11.3 Å². The first kappa shape index (κ1) is 10.7. The van der Waals surface area contributed by atoms with Crippen molar-refractivity contribution >= 4 is 21.6 Å². The van der Waals surface area contributed by atoms with Crippen molar-refractivity contribution in [2.24, 2.45) is 0 Å². The monoisotopic (exact) mass is 242 g/mol. The molecule has 0 atom stereocenters. The van der Waals surface area contributed by atoms with Gasteiger partial charge in [0.05, 0.1) is 26.9 Å². The van der Waals surface area contributed by atoms with Crippen LogP contribution in [0.5, 0.6) is 0 Å². The highest BCUT2D eigenvalue weighted by atomic mass is 32.1. The Morgan fingerprint density at radius 3 is 2.82 bits per heavy atom. The van der Waals surface area contributed by atoms with E-state index in [1.807, 2.05) is 18.2 Å². The van der Waals surface area contributed by atoms with E-state index >= 15 is 0 Å². The van der Waals surface area contributed by atoms with Crippen LogP contribution in [0.3, 0.4) is 0 Å². The second-order valence-corrected chi connectivity index (χ2v) is 5.74. The molecule has 0 unspecified atom stereocenters. The van der Waals surface area contributed by atoms with Crippen molar-refractivity contribution in [2.75, 3.05) is 0 Å². The summed E-state index contributed by atoms with van der Waals surface area (Å²) in [5.74, 6) is 0.659. The lowest BCUT2D eigenvalue weighted by molar-refractivity contribution is 0.443. The highest BCUT2D eigenvalue weighted by molar-refractivity contribution is 7.18. The maximum absolute atomic E-state index is 8.89. The summed E-state index contributed by atoms with van der Waals surface area (Å²) >= 11 is 1.77. The molecule has 0 bridgehead atoms. The highest BCUT2D eigenvalue weighted by Crippen LogP contribution is 2.36. The Morgan fingerprint density at radius 1 is 1.24 bits per heavy atom. The predicted octanol–water partition coefficient (Wildman–Crippen LogP) is 4.22. The van der Waals surface area contributed by atoms with Gasteiger partial charge in [-0.05, 0) is 31.0 Å². The molecule has 1 aromatic carbocycles. The maximum Gasteiger partial charge on any atom is 0.0992 e. The number of aromatic nitrogens is 1. The van der Waals surface area contributed by atoms with E-state index in [1.165, 1.54) is 37.1 Å². The van der Waals surface area contributed by atoms with E-state index in [2.05, 4.69) is 6.07 Å². The van der Waals surface area contributed by atoms with E-state index in [4.69, 9.17) is 10.2 Å². The molecule has 3 rings (SSSR count). The first-order valence-corrected chi connectivity index (χ1v) is 6.99. The van der Waals surface area contributed by atoms with E-state index in [9.17, 15) is 0 Å². The Labute approximate surface area is 105 Å². The number of nitrogens with zero attached hydrogens (tertiary/aromatic N) is 2. The number of hydrogen-bond acceptors (Lipinski definition) is 3. The minimum absolute atomic E-state index is 0.659. The lowest BCUT2D eigenvalue weighted by Crippen LogP contribution is -2.03. The number of benzene rings is 1. The summed E-state index contributed by atoms with van der Waals surface area (Å²) in [6.07, 6.45) is 6.61. The summed E-state index contributed by atoms with van der Waals surface area (Å²) in [7, 11) is 0. The van der Waals surface area contributed by atoms with Gasteiger partial charge in [0.25, 0.3) is 0 Å². The first-order chi connectivity index (χ1) is 8.36. The number of thiazole rings is 1. The third kappa shape index (κ3) is 2.05. The zero-order valence-electron chi connectivity index (χ0n) is 9.65. The average molecular weight is 242 g/mol. The fourth-order valence-electron chi connectivity index (χ4n) is 2.54. The van der Waals surface area contributed by atoms with Crippen LogP contribution in [0, 0.1) is 11.3 Å². The second-order valence-electron chi connectivity index (χ2n) is 4.68. The van der Waals surface area contributed by atoms with Crippen LogP contribution in [0.15, 0.2) is 18.2 Å². The largest absolute Gasteiger partial charge is 0.241 e. The summed E-state index contributed by atoms with van der Waals surface area (Å²) in [5, 5.41) is 10.2. The quantitative estimate of drug-likeness (QED) is 0.750. The minimum Gasteiger partial charge on any atom is -0.241 e. The van der Waals surface area contributed by atoms with Crippen molar-refractivity contribution in [2.45, 2.75) is 38.0 Å². The van der Waals surface area contributed by atoms with E-state index in [1.54, 1.807) is 11.3 Å². The third-order valence-electron chi connectivity index (χ3n) is 3.49. The molecule has 1 aliphatic rings. The third-order valence-corrected chi connectivity index (χ3v) is 4.67. The predicted molar refractivity (Wildman–Crippen MR) is 70.2 cm³/mol. The molecule has 0 aliphatic heterocycles. The number of nitriles is 1. The van der Waals surface area contributed by atoms with Gasteiger partial charge >= 0.3 is 0 Å². The van der Waals surface area contributed by atoms with Crippen LogP contribution in [0.1, 0.15) is 48.6 Å². The fourth-order valence-corrected chi connectivity index (χ4v) is 3.71. The van der Waals surface area contributed by atoms with Crippen LogP contribution in [0.4, 0.5) is 0 Å². The number of rotatable bonds is 1. The zero-order valence-corrected chi connectivity index (χ0v) is 10.5. The SMILES string of the molecule is N#Cc1ccc2nc(C3CCCCC3)sc2c1. The molecule has 1 aliphatic carbocycles. The molecular formula is C14H14N2S. The van der Waals surface area contributed by atoms with Crippen molar-refractivity contribution in [3.05, 3.63) is 28.8 Å². The standard InChI is InChI=1S/C14H14N2S/c15-9-10-6-7-12-13(8-10)17-14(16-12)11-4-2-1-3-5-11/h6-8,11H,1-5H2. The van der Waals surface area contributed by atoms with Crippen molar-refractivity contribution < 1.29 is 0 Å². The summed E-state index contributed by atoms with van der Waals surface area (Å²) in [4.78, 5) is 4.72. The van der Waals surface area contributed by atoms with Crippen molar-refractivity contribution in [3.63, 3.8) is 0 Å². The van der Waals surface area contributed by atoms with Crippen LogP contribution in [-0.2, 0) is 0 Å². The molecule has 86 valence electrons. The van der Waals surface area contributed by atoms with E-state index in [-0.39, 0.29) is 0 Å². The van der Waals surface area contributed by atoms with Crippen LogP contribution < -0.4 is 0 Å². The van der Waals surface area contributed by atoms with Gasteiger partial charge in [-0.2, -0.15) is 5.26 Å². The summed E-state index contributed by atoms with van der Waals surface area (Å²) in [6, 6.07) is 7.97. The van der Waals surface area contributed by atoms with Gasteiger partial charge in [0, 0.05) is 5.92 Å². The topological polar surface area (TPSA) is 36.7 Å². The molecule has 17 heavy (non-hydrogen) atoms. The second kappa shape index (κ2) is 4.46. The Balaban J connectivity index is 1.98. The molecule has 2 nitrogen and oxygen atoms in total. The van der Waals surface area contributed by atoms with E-state index in [0.29, 0.717) is 5.92 Å². The Kier molecular flexibility index (Phi) is 2.82. The smallest absolute Gasteiger partial charge is 0.0992 e. The number of hydrogen-bond donors (Lipinski definition) is 0. The minimum atomic E-state index is 0.659. The Bertz CT molecular complexity index is 573. The Hall–Kier alpha value is -1.40. The van der Waals surface area contributed by atoms with Gasteiger partial charge in [0.1, 0.15) is 0 Å². The molecule has 1 heterocycles. The van der Waals surface area contributed by atoms with Gasteiger partial charge in [-0.3, -0.25) is 0 Å². The lowest BCUT2D eigenvalue weighted by atomic mass is 9.90. The van der Waals surface area contributed by atoms with Crippen LogP contribution in [0.25, 0.3) is 10.2 Å². The fraction of sp³-hybridized carbons (Fsp3) is 0.429. The van der Waals surface area contributed by atoms with Crippen LogP contribution in [-0.4, -0.2) is 4.98 Å². The van der Waals surface area contributed by atoms with Crippen molar-refractivity contribution in [1.29, 1.82) is 5.26 Å². The van der Waals surface area contributed by atoms with Gasteiger partial charge in [-0.25, -0.2) is 4.98 Å². The lowest BCUT2D eigenvalue weighted by Gasteiger charge is -2.18. The molecule has 1 fully saturated rings. The molecule has 0 saturated heterocycles. The van der Waals surface area contributed by atoms with Gasteiger partial charge in [0.2, 0.25) is 0 Å². The average Bonchev–Trinajstić information content (AvgIpc) is 2.82. The molecule has 2 aromatic rings. The van der Waals surface area contributed by atoms with Gasteiger partial charge in [-0.1, -0.05) is 19.3 Å². The molecular weight excluding hydrogens is 228 g/mol. The number of fused-ring (bicyclic) bond motifs is 1. The molecule has 0 N–H and O–H groups in total. The first-order valence-electron chi connectivity index (χ1n) is 6.17. The van der Waals surface area contributed by atoms with Gasteiger partial charge in [0.15, 0.2) is 0 Å². The summed E-state index contributed by atoms with van der Waals surface area (Å²) in [5.41, 5.74) is 1.78. The normalized spacial score (nSPS) is 17.1. The zero-order chi connectivity index (χ0) is 11.7. The molecule has 1 saturated carbocycles. The molecule has 3 heteroatoms. The van der Waals surface area contributed by atoms with Gasteiger partial charge < -0.3 is 0 Å². The molecule has 0 spiro atoms. The summed E-state index contributed by atoms with van der Waals surface area (Å²) in [6.45, 7) is 0.